The zero-order valence-corrected chi connectivity index (χ0v) is 11.1. The second-order valence-corrected chi connectivity index (χ2v) is 5.95. The summed E-state index contributed by atoms with van der Waals surface area (Å²) in [7, 11) is -3.66. The second-order valence-electron chi connectivity index (χ2n) is 4.42. The predicted molar refractivity (Wildman–Crippen MR) is 67.0 cm³/mol. The van der Waals surface area contributed by atoms with Crippen molar-refractivity contribution < 1.29 is 17.9 Å². The molecule has 6 heteroatoms. The van der Waals surface area contributed by atoms with Gasteiger partial charge < -0.3 is 9.47 Å². The average Bonchev–Trinajstić information content (AvgIpc) is 2.77. The van der Waals surface area contributed by atoms with Crippen LogP contribution in [0.3, 0.4) is 0 Å². The Morgan fingerprint density at radius 2 is 2.28 bits per heavy atom. The van der Waals surface area contributed by atoms with Crippen molar-refractivity contribution in [2.45, 2.75) is 30.8 Å². The zero-order valence-electron chi connectivity index (χ0n) is 10.3. The first-order valence-electron chi connectivity index (χ1n) is 5.84. The Morgan fingerprint density at radius 3 is 2.83 bits per heavy atom. The summed E-state index contributed by atoms with van der Waals surface area (Å²) in [6.45, 7) is 2.98. The third-order valence-electron chi connectivity index (χ3n) is 2.91. The molecule has 0 aromatic heterocycles. The standard InChI is InChI=1S/C12H17NO4S/c1-9-7-10(4-5-12(9)18(13,14)15)17-8-11-3-2-6-16-11/h4-5,7,11H,2-3,6,8H2,1H3,(H2,13,14,15)/t11-/m0/s1. The SMILES string of the molecule is Cc1cc(OC[C@@H]2CCCO2)ccc1S(N)(=O)=O. The lowest BCUT2D eigenvalue weighted by molar-refractivity contribution is 0.0679. The van der Waals surface area contributed by atoms with Crippen molar-refractivity contribution in [1.82, 2.24) is 0 Å². The Balaban J connectivity index is 2.04. The van der Waals surface area contributed by atoms with E-state index in [9.17, 15) is 8.42 Å². The fourth-order valence-electron chi connectivity index (χ4n) is 2.00. The molecule has 18 heavy (non-hydrogen) atoms. The molecule has 1 aliphatic heterocycles. The fraction of sp³-hybridized carbons (Fsp3) is 0.500. The van der Waals surface area contributed by atoms with Crippen molar-refractivity contribution in [3.05, 3.63) is 23.8 Å². The molecule has 1 aromatic rings. The fourth-order valence-corrected chi connectivity index (χ4v) is 2.76. The summed E-state index contributed by atoms with van der Waals surface area (Å²) < 4.78 is 33.5. The highest BCUT2D eigenvalue weighted by atomic mass is 32.2. The van der Waals surface area contributed by atoms with Crippen LogP contribution in [-0.4, -0.2) is 27.7 Å². The summed E-state index contributed by atoms with van der Waals surface area (Å²) in [6, 6.07) is 4.76. The maximum absolute atomic E-state index is 11.2. The van der Waals surface area contributed by atoms with E-state index in [0.717, 1.165) is 19.4 Å². The maximum Gasteiger partial charge on any atom is 0.238 e. The number of hydrogen-bond acceptors (Lipinski definition) is 4. The van der Waals surface area contributed by atoms with Crippen LogP contribution >= 0.6 is 0 Å². The van der Waals surface area contributed by atoms with Gasteiger partial charge in [0, 0.05) is 6.61 Å². The van der Waals surface area contributed by atoms with Gasteiger partial charge in [0.1, 0.15) is 12.4 Å². The lowest BCUT2D eigenvalue weighted by atomic mass is 10.2. The molecule has 100 valence electrons. The van der Waals surface area contributed by atoms with Gasteiger partial charge in [0.15, 0.2) is 0 Å². The normalized spacial score (nSPS) is 20.0. The number of aryl methyl sites for hydroxylation is 1. The molecule has 1 atom stereocenters. The monoisotopic (exact) mass is 271 g/mol. The van der Waals surface area contributed by atoms with Crippen LogP contribution in [0.4, 0.5) is 0 Å². The molecule has 1 heterocycles. The van der Waals surface area contributed by atoms with Crippen molar-refractivity contribution in [3.8, 4) is 5.75 Å². The summed E-state index contributed by atoms with van der Waals surface area (Å²) >= 11 is 0. The number of sulfonamides is 1. The Kier molecular flexibility index (Phi) is 3.89. The Labute approximate surface area is 107 Å². The second kappa shape index (κ2) is 5.26. The van der Waals surface area contributed by atoms with E-state index >= 15 is 0 Å². The summed E-state index contributed by atoms with van der Waals surface area (Å²) in [6.07, 6.45) is 2.22. The Bertz CT molecular complexity index is 521. The van der Waals surface area contributed by atoms with Gasteiger partial charge in [-0.05, 0) is 43.5 Å². The first kappa shape index (κ1) is 13.3. The molecule has 1 aromatic carbocycles. The molecule has 1 saturated heterocycles. The molecule has 0 saturated carbocycles. The maximum atomic E-state index is 11.2. The Morgan fingerprint density at radius 1 is 1.50 bits per heavy atom. The molecule has 0 amide bonds. The van der Waals surface area contributed by atoms with E-state index in [1.165, 1.54) is 6.07 Å². The number of rotatable bonds is 4. The van der Waals surface area contributed by atoms with Crippen LogP contribution in [0.15, 0.2) is 23.1 Å². The van der Waals surface area contributed by atoms with Gasteiger partial charge in [-0.15, -0.1) is 0 Å². The molecule has 0 bridgehead atoms. The van der Waals surface area contributed by atoms with E-state index < -0.39 is 10.0 Å². The number of benzene rings is 1. The van der Waals surface area contributed by atoms with Crippen LogP contribution in [0.2, 0.25) is 0 Å². The minimum Gasteiger partial charge on any atom is -0.491 e. The van der Waals surface area contributed by atoms with E-state index in [1.54, 1.807) is 19.1 Å². The van der Waals surface area contributed by atoms with Crippen molar-refractivity contribution in [3.63, 3.8) is 0 Å². The van der Waals surface area contributed by atoms with E-state index in [2.05, 4.69) is 0 Å². The van der Waals surface area contributed by atoms with Gasteiger partial charge in [0.25, 0.3) is 0 Å². The highest BCUT2D eigenvalue weighted by Crippen LogP contribution is 2.21. The van der Waals surface area contributed by atoms with Gasteiger partial charge in [0.2, 0.25) is 10.0 Å². The summed E-state index contributed by atoms with van der Waals surface area (Å²) in [5.74, 6) is 0.635. The van der Waals surface area contributed by atoms with Gasteiger partial charge in [0.05, 0.1) is 11.0 Å². The summed E-state index contributed by atoms with van der Waals surface area (Å²) in [4.78, 5) is 0.131. The minimum atomic E-state index is -3.66. The molecule has 0 spiro atoms. The van der Waals surface area contributed by atoms with E-state index in [4.69, 9.17) is 14.6 Å². The molecule has 0 radical (unpaired) electrons. The molecule has 2 rings (SSSR count). The minimum absolute atomic E-state index is 0.131. The smallest absolute Gasteiger partial charge is 0.238 e. The number of ether oxygens (including phenoxy) is 2. The van der Waals surface area contributed by atoms with Crippen molar-refractivity contribution in [2.75, 3.05) is 13.2 Å². The van der Waals surface area contributed by atoms with Crippen molar-refractivity contribution in [1.29, 1.82) is 0 Å². The molecule has 2 N–H and O–H groups in total. The van der Waals surface area contributed by atoms with Gasteiger partial charge in [-0.3, -0.25) is 0 Å². The van der Waals surface area contributed by atoms with Gasteiger partial charge in [-0.25, -0.2) is 13.6 Å². The largest absolute Gasteiger partial charge is 0.491 e. The molecule has 5 nitrogen and oxygen atoms in total. The van der Waals surface area contributed by atoms with E-state index in [-0.39, 0.29) is 11.0 Å². The highest BCUT2D eigenvalue weighted by molar-refractivity contribution is 7.89. The Hall–Kier alpha value is -1.11. The lowest BCUT2D eigenvalue weighted by Crippen LogP contribution is -2.17. The molecule has 0 aliphatic carbocycles. The van der Waals surface area contributed by atoms with E-state index in [0.29, 0.717) is 17.9 Å². The first-order chi connectivity index (χ1) is 8.47. The molecule has 0 unspecified atom stereocenters. The number of nitrogens with two attached hydrogens (primary N) is 1. The average molecular weight is 271 g/mol. The number of primary sulfonamides is 1. The summed E-state index contributed by atoms with van der Waals surface area (Å²) in [5, 5.41) is 5.09. The topological polar surface area (TPSA) is 78.6 Å². The van der Waals surface area contributed by atoms with Gasteiger partial charge in [-0.2, -0.15) is 0 Å². The van der Waals surface area contributed by atoms with E-state index in [1.807, 2.05) is 0 Å². The predicted octanol–water partition coefficient (Wildman–Crippen LogP) is 1.20. The lowest BCUT2D eigenvalue weighted by Gasteiger charge is -2.12. The number of hydrogen-bond donors (Lipinski definition) is 1. The van der Waals surface area contributed by atoms with Crippen LogP contribution in [0.5, 0.6) is 5.75 Å². The highest BCUT2D eigenvalue weighted by Gasteiger charge is 2.17. The van der Waals surface area contributed by atoms with Crippen molar-refractivity contribution >= 4 is 10.0 Å². The quantitative estimate of drug-likeness (QED) is 0.892. The van der Waals surface area contributed by atoms with Crippen LogP contribution in [-0.2, 0) is 14.8 Å². The van der Waals surface area contributed by atoms with Crippen LogP contribution in [0.25, 0.3) is 0 Å². The third-order valence-corrected chi connectivity index (χ3v) is 3.98. The molecule has 1 aliphatic rings. The summed E-state index contributed by atoms with van der Waals surface area (Å²) in [5.41, 5.74) is 0.586. The van der Waals surface area contributed by atoms with Crippen LogP contribution < -0.4 is 9.88 Å². The molecular weight excluding hydrogens is 254 g/mol. The molecule has 1 fully saturated rings. The van der Waals surface area contributed by atoms with Crippen molar-refractivity contribution in [2.24, 2.45) is 5.14 Å². The zero-order chi connectivity index (χ0) is 13.2. The van der Waals surface area contributed by atoms with Gasteiger partial charge in [-0.1, -0.05) is 0 Å². The molecular formula is C12H17NO4S. The first-order valence-corrected chi connectivity index (χ1v) is 7.39. The van der Waals surface area contributed by atoms with Crippen LogP contribution in [0, 0.1) is 6.92 Å². The third kappa shape index (κ3) is 3.22. The van der Waals surface area contributed by atoms with Gasteiger partial charge >= 0.3 is 0 Å². The van der Waals surface area contributed by atoms with Crippen LogP contribution in [0.1, 0.15) is 18.4 Å².